The van der Waals surface area contributed by atoms with E-state index in [1.54, 1.807) is 4.90 Å². The van der Waals surface area contributed by atoms with Crippen LogP contribution in [-0.2, 0) is 7.05 Å². The summed E-state index contributed by atoms with van der Waals surface area (Å²) in [5, 5.41) is 3.94. The molecule has 2 aromatic carbocycles. The number of nitrogens with one attached hydrogen (secondary N) is 1. The minimum absolute atomic E-state index is 0.120. The maximum atomic E-state index is 13.1. The highest BCUT2D eigenvalue weighted by atomic mass is 16.5. The first-order valence-corrected chi connectivity index (χ1v) is 11.1. The van der Waals surface area contributed by atoms with Crippen molar-refractivity contribution in [1.29, 1.82) is 0 Å². The molecule has 1 aliphatic heterocycles. The summed E-state index contributed by atoms with van der Waals surface area (Å²) in [6.45, 7) is 7.43. The maximum absolute atomic E-state index is 13.1. The summed E-state index contributed by atoms with van der Waals surface area (Å²) in [6.07, 6.45) is 0. The molecular formula is C25H30N4O3. The molecule has 7 heteroatoms. The average Bonchev–Trinajstić information content (AvgIpc) is 3.06. The second-order valence-electron chi connectivity index (χ2n) is 8.11. The van der Waals surface area contributed by atoms with Crippen LogP contribution >= 0.6 is 0 Å². The number of Topliss-reactive ketones (excluding diaryl/α,β-unsaturated/α-hetero) is 1. The number of aryl methyl sites for hydroxylation is 1. The van der Waals surface area contributed by atoms with Crippen molar-refractivity contribution in [3.63, 3.8) is 0 Å². The van der Waals surface area contributed by atoms with Gasteiger partial charge in [0, 0.05) is 61.1 Å². The number of amides is 2. The van der Waals surface area contributed by atoms with E-state index in [0.29, 0.717) is 39.3 Å². The number of ketones is 1. The molecule has 3 aromatic rings. The molecule has 1 saturated heterocycles. The Bertz CT molecular complexity index is 1110. The topological polar surface area (TPSA) is 66.8 Å². The molecule has 168 valence electrons. The Hall–Kier alpha value is -3.32. The summed E-state index contributed by atoms with van der Waals surface area (Å²) in [5.41, 5.74) is 3.61. The molecule has 32 heavy (non-hydrogen) atoms. The number of carbonyl (C=O) groups excluding carboxylic acids is 2. The lowest BCUT2D eigenvalue weighted by Crippen LogP contribution is -2.51. The minimum atomic E-state index is -0.120. The number of hydrogen-bond donors (Lipinski definition) is 1. The lowest BCUT2D eigenvalue weighted by atomic mass is 10.1. The quantitative estimate of drug-likeness (QED) is 0.597. The predicted molar refractivity (Wildman–Crippen MR) is 127 cm³/mol. The van der Waals surface area contributed by atoms with Gasteiger partial charge in [-0.15, -0.1) is 0 Å². The Morgan fingerprint density at radius 3 is 2.38 bits per heavy atom. The number of hydrogen-bond acceptors (Lipinski definition) is 4. The van der Waals surface area contributed by atoms with Crippen LogP contribution < -0.4 is 10.1 Å². The molecule has 0 saturated carbocycles. The number of ether oxygens (including phenoxy) is 1. The molecule has 0 aliphatic carbocycles. The second-order valence-corrected chi connectivity index (χ2v) is 8.11. The zero-order valence-corrected chi connectivity index (χ0v) is 18.9. The van der Waals surface area contributed by atoms with Crippen LogP contribution in [-0.4, -0.2) is 65.5 Å². The Kier molecular flexibility index (Phi) is 6.46. The van der Waals surface area contributed by atoms with Gasteiger partial charge in [-0.1, -0.05) is 18.2 Å². The van der Waals surface area contributed by atoms with Crippen molar-refractivity contribution in [2.24, 2.45) is 7.05 Å². The van der Waals surface area contributed by atoms with Crippen LogP contribution in [0.5, 0.6) is 5.75 Å². The largest absolute Gasteiger partial charge is 0.494 e. The van der Waals surface area contributed by atoms with Gasteiger partial charge in [-0.3, -0.25) is 9.69 Å². The van der Waals surface area contributed by atoms with E-state index in [2.05, 4.69) is 14.8 Å². The van der Waals surface area contributed by atoms with Gasteiger partial charge in [-0.25, -0.2) is 4.79 Å². The highest BCUT2D eigenvalue weighted by Crippen LogP contribution is 2.25. The van der Waals surface area contributed by atoms with Gasteiger partial charge in [0.25, 0.3) is 0 Å². The molecular weight excluding hydrogens is 404 g/mol. The first kappa shape index (κ1) is 21.9. The zero-order valence-electron chi connectivity index (χ0n) is 18.9. The number of aromatic nitrogens is 1. The maximum Gasteiger partial charge on any atom is 0.321 e. The van der Waals surface area contributed by atoms with E-state index in [9.17, 15) is 9.59 Å². The summed E-state index contributed by atoms with van der Waals surface area (Å²) >= 11 is 0. The van der Waals surface area contributed by atoms with Crippen molar-refractivity contribution >= 4 is 28.4 Å². The SMILES string of the molecule is CCOc1ccc(NC(=O)N2CCN(CC(=O)c3c(C)n(C)c4ccccc34)CC2)cc1. The van der Waals surface area contributed by atoms with E-state index in [-0.39, 0.29) is 11.8 Å². The average molecular weight is 435 g/mol. The summed E-state index contributed by atoms with van der Waals surface area (Å²) in [4.78, 5) is 29.7. The molecule has 2 amide bonds. The molecule has 0 bridgehead atoms. The zero-order chi connectivity index (χ0) is 22.7. The van der Waals surface area contributed by atoms with Crippen molar-refractivity contribution in [2.45, 2.75) is 13.8 Å². The van der Waals surface area contributed by atoms with Crippen molar-refractivity contribution < 1.29 is 14.3 Å². The molecule has 1 aromatic heterocycles. The number of anilines is 1. The van der Waals surface area contributed by atoms with Crippen LogP contribution in [0.1, 0.15) is 23.0 Å². The number of urea groups is 1. The van der Waals surface area contributed by atoms with Gasteiger partial charge in [-0.05, 0) is 44.2 Å². The second kappa shape index (κ2) is 9.44. The third-order valence-electron chi connectivity index (χ3n) is 6.12. The van der Waals surface area contributed by atoms with E-state index < -0.39 is 0 Å². The third kappa shape index (κ3) is 4.48. The lowest BCUT2D eigenvalue weighted by Gasteiger charge is -2.34. The van der Waals surface area contributed by atoms with E-state index in [1.165, 1.54) is 0 Å². The molecule has 2 heterocycles. The molecule has 0 unspecified atom stereocenters. The highest BCUT2D eigenvalue weighted by molar-refractivity contribution is 6.10. The fourth-order valence-electron chi connectivity index (χ4n) is 4.27. The van der Waals surface area contributed by atoms with Crippen LogP contribution in [0.15, 0.2) is 48.5 Å². The Morgan fingerprint density at radius 1 is 1.00 bits per heavy atom. The summed E-state index contributed by atoms with van der Waals surface area (Å²) < 4.78 is 7.51. The number of piperazine rings is 1. The van der Waals surface area contributed by atoms with Gasteiger partial charge < -0.3 is 19.5 Å². The van der Waals surface area contributed by atoms with E-state index >= 15 is 0 Å². The van der Waals surface area contributed by atoms with E-state index in [0.717, 1.165) is 33.6 Å². The smallest absolute Gasteiger partial charge is 0.321 e. The summed E-state index contributed by atoms with van der Waals surface area (Å²) in [6, 6.07) is 15.3. The first-order chi connectivity index (χ1) is 15.5. The number of nitrogens with zero attached hydrogens (tertiary/aromatic N) is 3. The number of fused-ring (bicyclic) bond motifs is 1. The number of carbonyl (C=O) groups is 2. The van der Waals surface area contributed by atoms with Gasteiger partial charge in [0.1, 0.15) is 5.75 Å². The van der Waals surface area contributed by atoms with Crippen LogP contribution in [0.2, 0.25) is 0 Å². The fourth-order valence-corrected chi connectivity index (χ4v) is 4.27. The molecule has 7 nitrogen and oxygen atoms in total. The number of rotatable bonds is 6. The van der Waals surface area contributed by atoms with Crippen molar-refractivity contribution in [3.8, 4) is 5.75 Å². The fraction of sp³-hybridized carbons (Fsp3) is 0.360. The number of benzene rings is 2. The van der Waals surface area contributed by atoms with E-state index in [1.807, 2.05) is 69.4 Å². The van der Waals surface area contributed by atoms with Crippen LogP contribution in [0, 0.1) is 6.92 Å². The summed E-state index contributed by atoms with van der Waals surface area (Å²) in [5.74, 6) is 0.914. The standard InChI is InChI=1S/C25H30N4O3/c1-4-32-20-11-9-19(10-12-20)26-25(31)29-15-13-28(14-16-29)17-23(30)24-18(2)27(3)22-8-6-5-7-21(22)24/h5-12H,4,13-17H2,1-3H3,(H,26,31). The molecule has 0 radical (unpaired) electrons. The minimum Gasteiger partial charge on any atom is -0.494 e. The van der Waals surface area contributed by atoms with Gasteiger partial charge in [-0.2, -0.15) is 0 Å². The molecule has 1 fully saturated rings. The van der Waals surface area contributed by atoms with Crippen molar-refractivity contribution in [3.05, 3.63) is 59.8 Å². The van der Waals surface area contributed by atoms with Gasteiger partial charge in [0.05, 0.1) is 13.2 Å². The monoisotopic (exact) mass is 434 g/mol. The Balaban J connectivity index is 1.33. The molecule has 1 N–H and O–H groups in total. The lowest BCUT2D eigenvalue weighted by molar-refractivity contribution is 0.0884. The molecule has 1 aliphatic rings. The number of para-hydroxylation sites is 1. The Labute approximate surface area is 188 Å². The normalized spacial score (nSPS) is 14.5. The van der Waals surface area contributed by atoms with Gasteiger partial charge >= 0.3 is 6.03 Å². The predicted octanol–water partition coefficient (Wildman–Crippen LogP) is 3.92. The first-order valence-electron chi connectivity index (χ1n) is 11.1. The van der Waals surface area contributed by atoms with Crippen LogP contribution in [0.25, 0.3) is 10.9 Å². The van der Waals surface area contributed by atoms with Crippen LogP contribution in [0.4, 0.5) is 10.5 Å². The highest BCUT2D eigenvalue weighted by Gasteiger charge is 2.25. The van der Waals surface area contributed by atoms with Gasteiger partial charge in [0.2, 0.25) is 0 Å². The van der Waals surface area contributed by atoms with Crippen molar-refractivity contribution in [1.82, 2.24) is 14.4 Å². The molecule has 0 atom stereocenters. The van der Waals surface area contributed by atoms with Gasteiger partial charge in [0.15, 0.2) is 5.78 Å². The molecule has 0 spiro atoms. The third-order valence-corrected chi connectivity index (χ3v) is 6.12. The van der Waals surface area contributed by atoms with Crippen molar-refractivity contribution in [2.75, 3.05) is 44.6 Å². The summed E-state index contributed by atoms with van der Waals surface area (Å²) in [7, 11) is 2.00. The van der Waals surface area contributed by atoms with Crippen LogP contribution in [0.3, 0.4) is 0 Å². The molecule has 4 rings (SSSR count). The van der Waals surface area contributed by atoms with E-state index in [4.69, 9.17) is 4.74 Å². The Morgan fingerprint density at radius 2 is 1.69 bits per heavy atom.